The standard InChI is InChI=1S/C23H19N3O3/c1-15(21-8-4-6-16-5-2-3-7-22(16)21)24-23(27)25-19-11-9-18-14-20(26(28)29)12-10-17(18)13-19/h2-15H,1H3,(H2,24,25,27)/t15-/m1/s1. The molecule has 0 unspecified atom stereocenters. The lowest BCUT2D eigenvalue weighted by molar-refractivity contribution is -0.384. The van der Waals surface area contributed by atoms with Gasteiger partial charge in [0.05, 0.1) is 11.0 Å². The van der Waals surface area contributed by atoms with Crippen molar-refractivity contribution in [3.05, 3.63) is 94.5 Å². The minimum atomic E-state index is -0.423. The molecule has 144 valence electrons. The Bertz CT molecular complexity index is 1230. The fourth-order valence-corrected chi connectivity index (χ4v) is 3.49. The second kappa shape index (κ2) is 7.59. The second-order valence-electron chi connectivity index (χ2n) is 6.89. The van der Waals surface area contributed by atoms with Gasteiger partial charge in [0, 0.05) is 17.8 Å². The van der Waals surface area contributed by atoms with Crippen LogP contribution in [0.25, 0.3) is 21.5 Å². The molecule has 0 fully saturated rings. The lowest BCUT2D eigenvalue weighted by Crippen LogP contribution is -2.31. The van der Waals surface area contributed by atoms with Crippen molar-refractivity contribution in [3.8, 4) is 0 Å². The van der Waals surface area contributed by atoms with E-state index in [0.29, 0.717) is 5.69 Å². The monoisotopic (exact) mass is 385 g/mol. The molecule has 6 heteroatoms. The van der Waals surface area contributed by atoms with Crippen molar-refractivity contribution in [1.82, 2.24) is 5.32 Å². The molecule has 0 radical (unpaired) electrons. The highest BCUT2D eigenvalue weighted by atomic mass is 16.6. The van der Waals surface area contributed by atoms with Crippen LogP contribution in [0.3, 0.4) is 0 Å². The van der Waals surface area contributed by atoms with Crippen LogP contribution in [-0.4, -0.2) is 11.0 Å². The number of nitrogens with one attached hydrogen (secondary N) is 2. The van der Waals surface area contributed by atoms with Gasteiger partial charge in [-0.05, 0) is 52.2 Å². The summed E-state index contributed by atoms with van der Waals surface area (Å²) in [4.78, 5) is 23.0. The van der Waals surface area contributed by atoms with Crippen molar-refractivity contribution in [2.45, 2.75) is 13.0 Å². The van der Waals surface area contributed by atoms with E-state index in [2.05, 4.69) is 10.6 Å². The van der Waals surface area contributed by atoms with E-state index >= 15 is 0 Å². The number of hydrogen-bond donors (Lipinski definition) is 2. The number of fused-ring (bicyclic) bond motifs is 2. The molecular weight excluding hydrogens is 366 g/mol. The number of benzene rings is 4. The largest absolute Gasteiger partial charge is 0.331 e. The van der Waals surface area contributed by atoms with Crippen LogP contribution in [0.5, 0.6) is 0 Å². The van der Waals surface area contributed by atoms with Gasteiger partial charge in [-0.1, -0.05) is 48.5 Å². The molecule has 0 bridgehead atoms. The zero-order valence-electron chi connectivity index (χ0n) is 15.8. The molecule has 0 aliphatic heterocycles. The molecule has 0 heterocycles. The van der Waals surface area contributed by atoms with Crippen LogP contribution in [0, 0.1) is 10.1 Å². The molecule has 2 N–H and O–H groups in total. The Labute approximate surface area is 167 Å². The Balaban J connectivity index is 1.50. The first-order valence-corrected chi connectivity index (χ1v) is 9.25. The summed E-state index contributed by atoms with van der Waals surface area (Å²) in [6.45, 7) is 1.95. The molecule has 4 aromatic carbocycles. The lowest BCUT2D eigenvalue weighted by atomic mass is 10.00. The molecular formula is C23H19N3O3. The van der Waals surface area contributed by atoms with Gasteiger partial charge in [-0.2, -0.15) is 0 Å². The summed E-state index contributed by atoms with van der Waals surface area (Å²) in [5.74, 6) is 0. The number of carbonyl (C=O) groups is 1. The number of amides is 2. The summed E-state index contributed by atoms with van der Waals surface area (Å²) in [6, 6.07) is 23.5. The quantitative estimate of drug-likeness (QED) is 0.345. The number of rotatable bonds is 4. The summed E-state index contributed by atoms with van der Waals surface area (Å²) >= 11 is 0. The molecule has 0 saturated heterocycles. The van der Waals surface area contributed by atoms with Crippen LogP contribution < -0.4 is 10.6 Å². The highest BCUT2D eigenvalue weighted by molar-refractivity contribution is 5.94. The number of carbonyl (C=O) groups excluding carboxylic acids is 1. The van der Waals surface area contributed by atoms with E-state index < -0.39 is 4.92 Å². The Morgan fingerprint density at radius 3 is 2.45 bits per heavy atom. The van der Waals surface area contributed by atoms with Gasteiger partial charge >= 0.3 is 6.03 Å². The summed E-state index contributed by atoms with van der Waals surface area (Å²) in [5.41, 5.74) is 1.71. The predicted molar refractivity (Wildman–Crippen MR) is 115 cm³/mol. The summed E-state index contributed by atoms with van der Waals surface area (Å²) in [6.07, 6.45) is 0. The highest BCUT2D eigenvalue weighted by Crippen LogP contribution is 2.25. The number of anilines is 1. The van der Waals surface area contributed by atoms with Crippen LogP contribution >= 0.6 is 0 Å². The van der Waals surface area contributed by atoms with E-state index in [1.807, 2.05) is 49.4 Å². The van der Waals surface area contributed by atoms with Gasteiger partial charge in [-0.3, -0.25) is 10.1 Å². The lowest BCUT2D eigenvalue weighted by Gasteiger charge is -2.17. The molecule has 4 rings (SSSR count). The maximum absolute atomic E-state index is 12.5. The fraction of sp³-hybridized carbons (Fsp3) is 0.0870. The van der Waals surface area contributed by atoms with Crippen molar-refractivity contribution in [2.75, 3.05) is 5.32 Å². The van der Waals surface area contributed by atoms with Crippen LogP contribution in [0.2, 0.25) is 0 Å². The van der Waals surface area contributed by atoms with Gasteiger partial charge in [0.15, 0.2) is 0 Å². The van der Waals surface area contributed by atoms with Crippen molar-refractivity contribution < 1.29 is 9.72 Å². The third-order valence-electron chi connectivity index (χ3n) is 4.93. The average molecular weight is 385 g/mol. The van der Waals surface area contributed by atoms with E-state index in [4.69, 9.17) is 0 Å². The maximum Gasteiger partial charge on any atom is 0.319 e. The van der Waals surface area contributed by atoms with Crippen molar-refractivity contribution in [3.63, 3.8) is 0 Å². The number of non-ortho nitro benzene ring substituents is 1. The summed E-state index contributed by atoms with van der Waals surface area (Å²) in [7, 11) is 0. The summed E-state index contributed by atoms with van der Waals surface area (Å²) in [5, 5.41) is 20.5. The number of nitro groups is 1. The van der Waals surface area contributed by atoms with Crippen LogP contribution in [0.15, 0.2) is 78.9 Å². The first-order valence-electron chi connectivity index (χ1n) is 9.25. The Morgan fingerprint density at radius 1 is 0.897 bits per heavy atom. The first-order chi connectivity index (χ1) is 14.0. The zero-order valence-corrected chi connectivity index (χ0v) is 15.8. The number of urea groups is 1. The topological polar surface area (TPSA) is 84.3 Å². The van der Waals surface area contributed by atoms with Gasteiger partial charge in [0.1, 0.15) is 0 Å². The zero-order chi connectivity index (χ0) is 20.4. The molecule has 1 atom stereocenters. The smallest absolute Gasteiger partial charge is 0.319 e. The van der Waals surface area contributed by atoms with E-state index in [1.165, 1.54) is 12.1 Å². The highest BCUT2D eigenvalue weighted by Gasteiger charge is 2.13. The second-order valence-corrected chi connectivity index (χ2v) is 6.89. The normalized spacial score (nSPS) is 11.9. The minimum Gasteiger partial charge on any atom is -0.331 e. The Morgan fingerprint density at radius 2 is 1.62 bits per heavy atom. The molecule has 4 aromatic rings. The Hall–Kier alpha value is -3.93. The van der Waals surface area contributed by atoms with Crippen molar-refractivity contribution >= 4 is 39.0 Å². The average Bonchev–Trinajstić information content (AvgIpc) is 2.72. The fourth-order valence-electron chi connectivity index (χ4n) is 3.49. The number of nitro benzene ring substituents is 1. The van der Waals surface area contributed by atoms with Crippen LogP contribution in [-0.2, 0) is 0 Å². The third kappa shape index (κ3) is 3.87. The maximum atomic E-state index is 12.5. The SMILES string of the molecule is C[C@@H](NC(=O)Nc1ccc2cc([N+](=O)[O-])ccc2c1)c1cccc2ccccc12. The van der Waals surface area contributed by atoms with E-state index in [-0.39, 0.29) is 17.8 Å². The predicted octanol–water partition coefficient (Wildman–Crippen LogP) is 5.78. The number of hydrogen-bond acceptors (Lipinski definition) is 3. The van der Waals surface area contributed by atoms with Crippen molar-refractivity contribution in [2.24, 2.45) is 0 Å². The van der Waals surface area contributed by atoms with E-state index in [9.17, 15) is 14.9 Å². The minimum absolute atomic E-state index is 0.0415. The van der Waals surface area contributed by atoms with Crippen LogP contribution in [0.1, 0.15) is 18.5 Å². The molecule has 0 aliphatic rings. The summed E-state index contributed by atoms with van der Waals surface area (Å²) < 4.78 is 0. The molecule has 0 aliphatic carbocycles. The molecule has 29 heavy (non-hydrogen) atoms. The van der Waals surface area contributed by atoms with Gasteiger partial charge in [-0.15, -0.1) is 0 Å². The van der Waals surface area contributed by atoms with Crippen LogP contribution in [0.4, 0.5) is 16.2 Å². The Kier molecular flexibility index (Phi) is 4.83. The van der Waals surface area contributed by atoms with Gasteiger partial charge < -0.3 is 10.6 Å². The third-order valence-corrected chi connectivity index (χ3v) is 4.93. The van der Waals surface area contributed by atoms with Gasteiger partial charge in [-0.25, -0.2) is 4.79 Å². The van der Waals surface area contributed by atoms with E-state index in [1.54, 1.807) is 24.3 Å². The van der Waals surface area contributed by atoms with E-state index in [0.717, 1.165) is 27.1 Å². The first kappa shape index (κ1) is 18.4. The van der Waals surface area contributed by atoms with Crippen molar-refractivity contribution in [1.29, 1.82) is 0 Å². The molecule has 2 amide bonds. The molecule has 0 aromatic heterocycles. The van der Waals surface area contributed by atoms with Gasteiger partial charge in [0.2, 0.25) is 0 Å². The molecule has 0 spiro atoms. The molecule has 0 saturated carbocycles. The molecule has 6 nitrogen and oxygen atoms in total. The number of nitrogens with zero attached hydrogens (tertiary/aromatic N) is 1. The van der Waals surface area contributed by atoms with Gasteiger partial charge in [0.25, 0.3) is 5.69 Å².